The molecule has 0 unspecified atom stereocenters. The Morgan fingerprint density at radius 1 is 1.25 bits per heavy atom. The van der Waals surface area contributed by atoms with E-state index in [9.17, 15) is 14.3 Å². The van der Waals surface area contributed by atoms with Gasteiger partial charge in [-0.05, 0) is 13.0 Å². The zero-order valence-electron chi connectivity index (χ0n) is 10.9. The second kappa shape index (κ2) is 4.57. The van der Waals surface area contributed by atoms with Crippen LogP contribution in [0.15, 0.2) is 33.5 Å². The molecule has 1 aromatic rings. The van der Waals surface area contributed by atoms with E-state index in [2.05, 4.69) is 0 Å². The minimum Gasteiger partial charge on any atom is -0.872 e. The summed E-state index contributed by atoms with van der Waals surface area (Å²) in [6.07, 6.45) is 0. The quantitative estimate of drug-likeness (QED) is 0.440. The minimum absolute atomic E-state index is 0. The Kier molecular flexibility index (Phi) is 3.19. The van der Waals surface area contributed by atoms with Crippen molar-refractivity contribution in [2.45, 2.75) is 6.92 Å². The lowest BCUT2D eigenvalue weighted by molar-refractivity contribution is -0.635. The van der Waals surface area contributed by atoms with Gasteiger partial charge in [-0.15, -0.1) is 5.75 Å². The van der Waals surface area contributed by atoms with Crippen LogP contribution >= 0.6 is 0 Å². The van der Waals surface area contributed by atoms with Gasteiger partial charge in [0.15, 0.2) is 11.4 Å². The van der Waals surface area contributed by atoms with E-state index >= 15 is 0 Å². The smallest absolute Gasteiger partial charge is 0.251 e. The van der Waals surface area contributed by atoms with Gasteiger partial charge in [-0.2, -0.15) is 4.57 Å². The molecular weight excluding hydrogens is 265 g/mol. The average Bonchev–Trinajstić information content (AvgIpc) is 2.35. The molecule has 0 radical (unpaired) electrons. The van der Waals surface area contributed by atoms with Crippen LogP contribution in [0.4, 0.5) is 4.39 Å². The molecule has 0 saturated heterocycles. The third kappa shape index (κ3) is 1.90. The van der Waals surface area contributed by atoms with Crippen LogP contribution in [0.5, 0.6) is 5.75 Å². The highest BCUT2D eigenvalue weighted by molar-refractivity contribution is 5.74. The van der Waals surface area contributed by atoms with E-state index in [0.29, 0.717) is 22.4 Å². The number of benzene rings is 2. The van der Waals surface area contributed by atoms with E-state index in [-0.39, 0.29) is 17.0 Å². The number of hydrogen-bond acceptors (Lipinski definition) is 3. The third-order valence-electron chi connectivity index (χ3n) is 3.21. The fraction of sp³-hybridized carbons (Fsp3) is 0.143. The number of aromatic nitrogens is 1. The fourth-order valence-corrected chi connectivity index (χ4v) is 2.11. The Labute approximate surface area is 113 Å². The van der Waals surface area contributed by atoms with Gasteiger partial charge < -0.3 is 15.0 Å². The Morgan fingerprint density at radius 3 is 2.65 bits per heavy atom. The van der Waals surface area contributed by atoms with Crippen molar-refractivity contribution in [3.8, 4) is 17.2 Å². The molecule has 0 fully saturated rings. The van der Waals surface area contributed by atoms with Gasteiger partial charge in [-0.3, -0.25) is 4.79 Å². The summed E-state index contributed by atoms with van der Waals surface area (Å²) in [4.78, 5) is 11.3. The predicted octanol–water partition coefficient (Wildman–Crippen LogP) is 0.419. The van der Waals surface area contributed by atoms with Crippen LogP contribution in [0.1, 0.15) is 5.56 Å². The number of hydrogen-bond donors (Lipinski definition) is 0. The lowest BCUT2D eigenvalue weighted by atomic mass is 10.1. The molecule has 0 amide bonds. The van der Waals surface area contributed by atoms with Crippen LogP contribution in [0, 0.1) is 12.7 Å². The van der Waals surface area contributed by atoms with Crippen molar-refractivity contribution in [2.24, 2.45) is 7.05 Å². The topological polar surface area (TPSA) is 88.7 Å². The van der Waals surface area contributed by atoms with Crippen molar-refractivity contribution in [2.75, 3.05) is 0 Å². The monoisotopic (exact) mass is 277 g/mol. The highest BCUT2D eigenvalue weighted by atomic mass is 19.1. The zero-order chi connectivity index (χ0) is 13.7. The molecule has 6 heteroatoms. The van der Waals surface area contributed by atoms with E-state index in [1.165, 1.54) is 6.07 Å². The molecule has 20 heavy (non-hydrogen) atoms. The van der Waals surface area contributed by atoms with Crippen LogP contribution < -0.4 is 15.1 Å². The first kappa shape index (κ1) is 14.0. The van der Waals surface area contributed by atoms with E-state index in [1.54, 1.807) is 24.6 Å². The molecular formula is C14H12FNO4. The van der Waals surface area contributed by atoms with Gasteiger partial charge in [-0.25, -0.2) is 4.39 Å². The van der Waals surface area contributed by atoms with E-state index in [1.807, 2.05) is 0 Å². The molecule has 5 nitrogen and oxygen atoms in total. The van der Waals surface area contributed by atoms with Crippen molar-refractivity contribution in [1.29, 1.82) is 0 Å². The number of nitrogens with zero attached hydrogens (tertiary/aromatic N) is 1. The molecule has 104 valence electrons. The van der Waals surface area contributed by atoms with Crippen LogP contribution in [0.2, 0.25) is 0 Å². The summed E-state index contributed by atoms with van der Waals surface area (Å²) < 4.78 is 20.6. The molecule has 3 rings (SSSR count). The molecule has 1 aromatic carbocycles. The first-order valence-electron chi connectivity index (χ1n) is 5.71. The first-order chi connectivity index (χ1) is 8.97. The Morgan fingerprint density at radius 2 is 1.95 bits per heavy atom. The van der Waals surface area contributed by atoms with Crippen molar-refractivity contribution < 1.29 is 24.0 Å². The SMILES string of the molecule is Cc1cc2c(cc1[O-])oc1cc(=O)c(F)cc-1[n+]2C.O. The summed E-state index contributed by atoms with van der Waals surface area (Å²) in [7, 11) is 1.73. The standard InChI is InChI=1S/C14H10FNO3.H2O/c1-7-3-9-13(5-11(7)17)19-14-6-12(18)8(15)4-10(14)16(9)2;/h3-6H,1-2H3;1H2. The van der Waals surface area contributed by atoms with Crippen LogP contribution in [0.3, 0.4) is 0 Å². The molecule has 1 aliphatic heterocycles. The molecule has 0 aromatic heterocycles. The summed E-state index contributed by atoms with van der Waals surface area (Å²) in [5.41, 5.74) is 1.35. The Balaban J connectivity index is 0.00000147. The average molecular weight is 277 g/mol. The molecule has 0 atom stereocenters. The van der Waals surface area contributed by atoms with Gasteiger partial charge in [-0.1, -0.05) is 5.56 Å². The van der Waals surface area contributed by atoms with Gasteiger partial charge in [0.25, 0.3) is 5.69 Å². The molecule has 2 N–H and O–H groups in total. The van der Waals surface area contributed by atoms with Crippen LogP contribution in [-0.2, 0) is 7.05 Å². The van der Waals surface area contributed by atoms with Gasteiger partial charge in [0.1, 0.15) is 7.05 Å². The van der Waals surface area contributed by atoms with Crippen molar-refractivity contribution in [1.82, 2.24) is 0 Å². The summed E-state index contributed by atoms with van der Waals surface area (Å²) in [5, 5.41) is 11.6. The lowest BCUT2D eigenvalue weighted by Gasteiger charge is -2.11. The van der Waals surface area contributed by atoms with Gasteiger partial charge >= 0.3 is 0 Å². The second-order valence-electron chi connectivity index (χ2n) is 4.50. The number of aryl methyl sites for hydroxylation is 2. The molecule has 0 bridgehead atoms. The van der Waals surface area contributed by atoms with Crippen LogP contribution in [0.25, 0.3) is 22.6 Å². The molecule has 0 saturated carbocycles. The molecule has 0 spiro atoms. The Hall–Kier alpha value is -2.47. The van der Waals surface area contributed by atoms with Crippen molar-refractivity contribution in [3.05, 3.63) is 45.9 Å². The normalized spacial score (nSPS) is 10.8. The highest BCUT2D eigenvalue weighted by Crippen LogP contribution is 2.26. The predicted molar refractivity (Wildman–Crippen MR) is 68.0 cm³/mol. The Bertz CT molecular complexity index is 841. The lowest BCUT2D eigenvalue weighted by Crippen LogP contribution is -2.33. The summed E-state index contributed by atoms with van der Waals surface area (Å²) in [6.45, 7) is 1.70. The summed E-state index contributed by atoms with van der Waals surface area (Å²) >= 11 is 0. The number of halogens is 1. The number of rotatable bonds is 0. The number of fused-ring (bicyclic) bond motifs is 2. The maximum Gasteiger partial charge on any atom is 0.251 e. The molecule has 1 heterocycles. The fourth-order valence-electron chi connectivity index (χ4n) is 2.11. The minimum atomic E-state index is -0.824. The second-order valence-corrected chi connectivity index (χ2v) is 4.50. The molecule has 1 aliphatic carbocycles. The van der Waals surface area contributed by atoms with Gasteiger partial charge in [0.2, 0.25) is 16.7 Å². The summed E-state index contributed by atoms with van der Waals surface area (Å²) in [6, 6.07) is 5.29. The first-order valence-corrected chi connectivity index (χ1v) is 5.71. The molecule has 2 aliphatic rings. The maximum atomic E-state index is 13.4. The van der Waals surface area contributed by atoms with E-state index in [4.69, 9.17) is 4.42 Å². The zero-order valence-corrected chi connectivity index (χ0v) is 10.9. The maximum absolute atomic E-state index is 13.4. The van der Waals surface area contributed by atoms with E-state index in [0.717, 1.165) is 12.1 Å². The largest absolute Gasteiger partial charge is 0.872 e. The van der Waals surface area contributed by atoms with Crippen molar-refractivity contribution in [3.63, 3.8) is 0 Å². The third-order valence-corrected chi connectivity index (χ3v) is 3.21. The summed E-state index contributed by atoms with van der Waals surface area (Å²) in [5.74, 6) is -0.709. The van der Waals surface area contributed by atoms with Gasteiger partial charge in [0, 0.05) is 12.1 Å². The van der Waals surface area contributed by atoms with Crippen molar-refractivity contribution >= 4 is 11.1 Å². The van der Waals surface area contributed by atoms with E-state index < -0.39 is 11.2 Å². The highest BCUT2D eigenvalue weighted by Gasteiger charge is 2.22. The van der Waals surface area contributed by atoms with Gasteiger partial charge in [0.05, 0.1) is 6.07 Å². The van der Waals surface area contributed by atoms with Crippen LogP contribution in [-0.4, -0.2) is 5.48 Å².